The second-order valence-corrected chi connectivity index (χ2v) is 18.7. The predicted molar refractivity (Wildman–Crippen MR) is 304 cm³/mol. The van der Waals surface area contributed by atoms with Gasteiger partial charge in [0.15, 0.2) is 0 Å². The summed E-state index contributed by atoms with van der Waals surface area (Å²) in [6, 6.07) is 87.1. The van der Waals surface area contributed by atoms with E-state index in [1.807, 2.05) is 121 Å². The molecule has 0 unspecified atom stereocenters. The molecule has 77 heavy (non-hydrogen) atoms. The lowest BCUT2D eigenvalue weighted by atomic mass is 9.67. The Hall–Kier alpha value is -10.3. The molecule has 0 aliphatic heterocycles. The van der Waals surface area contributed by atoms with Crippen LogP contribution < -0.4 is 19.3 Å². The van der Waals surface area contributed by atoms with E-state index in [-0.39, 0.29) is 0 Å². The largest absolute Gasteiger partial charge is 0.497 e. The first-order valence-electron chi connectivity index (χ1n) is 25.3. The third kappa shape index (κ3) is 8.44. The minimum absolute atomic E-state index is 0.399. The molecule has 10 nitrogen and oxygen atoms in total. The molecule has 12 aromatic rings. The van der Waals surface area contributed by atoms with Crippen molar-refractivity contribution in [1.29, 1.82) is 0 Å². The van der Waals surface area contributed by atoms with Crippen LogP contribution in [0.25, 0.3) is 56.9 Å². The maximum atomic E-state index is 6.58. The monoisotopic (exact) mass is 1000 g/mol. The Morgan fingerprint density at radius 3 is 0.909 bits per heavy atom. The first-order chi connectivity index (χ1) is 38.0. The molecule has 0 spiro atoms. The Bertz CT molecular complexity index is 3640. The van der Waals surface area contributed by atoms with Crippen molar-refractivity contribution in [3.05, 3.63) is 277 Å². The smallest absolute Gasteiger partial charge is 0.248 e. The van der Waals surface area contributed by atoms with Gasteiger partial charge in [-0.15, -0.1) is 20.4 Å². The Balaban J connectivity index is 0.878. The summed E-state index contributed by atoms with van der Waals surface area (Å²) in [6.07, 6.45) is 0. The Labute approximate surface area is 445 Å². The van der Waals surface area contributed by atoms with E-state index in [0.29, 0.717) is 23.6 Å². The van der Waals surface area contributed by atoms with Crippen LogP contribution in [0.3, 0.4) is 0 Å². The number of hydrogen-bond acceptors (Lipinski definition) is 10. The number of nitrogens with zero attached hydrogens (tertiary/aromatic N) is 6. The molecule has 0 bridgehead atoms. The van der Waals surface area contributed by atoms with E-state index in [9.17, 15) is 0 Å². The number of para-hydroxylation sites is 4. The van der Waals surface area contributed by atoms with E-state index in [0.717, 1.165) is 101 Å². The van der Waals surface area contributed by atoms with Crippen LogP contribution in [0.5, 0.6) is 11.5 Å². The van der Waals surface area contributed by atoms with Crippen molar-refractivity contribution in [2.75, 3.05) is 24.0 Å². The van der Waals surface area contributed by atoms with E-state index < -0.39 is 5.41 Å². The molecule has 0 radical (unpaired) electrons. The number of ether oxygens (including phenoxy) is 2. The summed E-state index contributed by atoms with van der Waals surface area (Å²) >= 11 is 0. The molecule has 0 amide bonds. The van der Waals surface area contributed by atoms with Crippen molar-refractivity contribution in [3.8, 4) is 68.4 Å². The van der Waals surface area contributed by atoms with Crippen LogP contribution in [0.1, 0.15) is 22.3 Å². The third-order valence-corrected chi connectivity index (χ3v) is 14.3. The van der Waals surface area contributed by atoms with E-state index in [2.05, 4.69) is 164 Å². The summed E-state index contributed by atoms with van der Waals surface area (Å²) in [5.74, 6) is 3.13. The maximum Gasteiger partial charge on any atom is 0.248 e. The van der Waals surface area contributed by atoms with Crippen molar-refractivity contribution in [3.63, 3.8) is 0 Å². The highest BCUT2D eigenvalue weighted by molar-refractivity contribution is 5.90. The van der Waals surface area contributed by atoms with Gasteiger partial charge in [0.1, 0.15) is 11.5 Å². The molecule has 2 aromatic heterocycles. The van der Waals surface area contributed by atoms with Crippen LogP contribution in [0, 0.1) is 0 Å². The molecule has 13 rings (SSSR count). The van der Waals surface area contributed by atoms with Gasteiger partial charge in [-0.1, -0.05) is 109 Å². The minimum atomic E-state index is -0.862. The minimum Gasteiger partial charge on any atom is -0.497 e. The van der Waals surface area contributed by atoms with Crippen LogP contribution in [0.15, 0.2) is 264 Å². The van der Waals surface area contributed by atoms with Gasteiger partial charge in [-0.3, -0.25) is 0 Å². The van der Waals surface area contributed by atoms with Crippen LogP contribution in [-0.2, 0) is 5.41 Å². The van der Waals surface area contributed by atoms with Crippen molar-refractivity contribution in [1.82, 2.24) is 20.4 Å². The van der Waals surface area contributed by atoms with Crippen molar-refractivity contribution in [2.24, 2.45) is 0 Å². The SMILES string of the molecule is COc1ccc(C2(c3ccc(OC)cc3)c3cc(-c4nnc(-c5ccc(N(c6ccccc6)c6ccccc6)cc5)o4)ccc3-c3ccc(-c4nnc(-c5ccc(N(c6ccccc6)c6ccccc6)cc5)o4)cc32)cc1. The molecule has 0 saturated heterocycles. The molecular formula is C67H48N6O4. The number of rotatable bonds is 14. The van der Waals surface area contributed by atoms with Gasteiger partial charge in [0.05, 0.1) is 19.6 Å². The fourth-order valence-electron chi connectivity index (χ4n) is 10.7. The summed E-state index contributed by atoms with van der Waals surface area (Å²) in [7, 11) is 3.36. The summed E-state index contributed by atoms with van der Waals surface area (Å²) in [4.78, 5) is 4.44. The number of benzene rings is 10. The van der Waals surface area contributed by atoms with E-state index in [1.54, 1.807) is 14.2 Å². The average molecular weight is 1000 g/mol. The van der Waals surface area contributed by atoms with Gasteiger partial charge in [-0.2, -0.15) is 0 Å². The van der Waals surface area contributed by atoms with Gasteiger partial charge in [0.2, 0.25) is 23.6 Å². The van der Waals surface area contributed by atoms with E-state index >= 15 is 0 Å². The highest BCUT2D eigenvalue weighted by Crippen LogP contribution is 2.58. The number of methoxy groups -OCH3 is 2. The molecule has 0 saturated carbocycles. The highest BCUT2D eigenvalue weighted by Gasteiger charge is 2.47. The Kier molecular flexibility index (Phi) is 12.0. The third-order valence-electron chi connectivity index (χ3n) is 14.3. The molecule has 1 aliphatic carbocycles. The van der Waals surface area contributed by atoms with Crippen LogP contribution >= 0.6 is 0 Å². The summed E-state index contributed by atoms with van der Waals surface area (Å²) in [6.45, 7) is 0. The lowest BCUT2D eigenvalue weighted by Gasteiger charge is -2.34. The Morgan fingerprint density at radius 2 is 0.597 bits per heavy atom. The normalized spacial score (nSPS) is 12.1. The molecule has 2 heterocycles. The standard InChI is InChI=1S/C67H48N6O4/c1-74-57-37-29-49(30-38-57)67(50-31-39-58(75-2)40-32-50)61-43-47(65-70-68-63(76-65)45-23-33-55(34-24-45)72(51-15-7-3-8-16-51)52-17-9-4-10-18-52)27-41-59(61)60-42-28-48(44-62(60)67)66-71-69-64(77-66)46-25-35-56(36-26-46)73(53-19-11-5-12-20-53)54-21-13-6-14-22-54/h3-44H,1-2H3. The average Bonchev–Trinajstić information content (AvgIpc) is 4.47. The molecule has 1 aliphatic rings. The summed E-state index contributed by atoms with van der Waals surface area (Å²) in [5, 5.41) is 18.5. The predicted octanol–water partition coefficient (Wildman–Crippen LogP) is 16.4. The number of hydrogen-bond donors (Lipinski definition) is 0. The Morgan fingerprint density at radius 1 is 0.312 bits per heavy atom. The molecule has 370 valence electrons. The number of aromatic nitrogens is 4. The zero-order chi connectivity index (χ0) is 51.7. The van der Waals surface area contributed by atoms with Crippen molar-refractivity contribution >= 4 is 34.1 Å². The van der Waals surface area contributed by atoms with Gasteiger partial charge in [0, 0.05) is 56.4 Å². The van der Waals surface area contributed by atoms with Crippen LogP contribution in [0.4, 0.5) is 34.1 Å². The first kappa shape index (κ1) is 46.5. The van der Waals surface area contributed by atoms with Crippen molar-refractivity contribution < 1.29 is 18.3 Å². The summed E-state index contributed by atoms with van der Waals surface area (Å²) < 4.78 is 24.6. The molecule has 0 N–H and O–H groups in total. The molecular weight excluding hydrogens is 953 g/mol. The van der Waals surface area contributed by atoms with Crippen LogP contribution in [-0.4, -0.2) is 34.6 Å². The van der Waals surface area contributed by atoms with Gasteiger partial charge < -0.3 is 28.1 Å². The first-order valence-corrected chi connectivity index (χ1v) is 25.3. The van der Waals surface area contributed by atoms with E-state index in [1.165, 1.54) is 0 Å². The second-order valence-electron chi connectivity index (χ2n) is 18.7. The van der Waals surface area contributed by atoms with E-state index in [4.69, 9.17) is 18.3 Å². The highest BCUT2D eigenvalue weighted by atomic mass is 16.5. The van der Waals surface area contributed by atoms with Gasteiger partial charge in [-0.05, 0) is 179 Å². The lowest BCUT2D eigenvalue weighted by molar-refractivity contribution is 0.414. The second kappa shape index (κ2) is 19.8. The fourth-order valence-corrected chi connectivity index (χ4v) is 10.7. The van der Waals surface area contributed by atoms with Crippen molar-refractivity contribution in [2.45, 2.75) is 5.41 Å². The van der Waals surface area contributed by atoms with Crippen LogP contribution in [0.2, 0.25) is 0 Å². The molecule has 10 heteroatoms. The zero-order valence-electron chi connectivity index (χ0n) is 42.1. The van der Waals surface area contributed by atoms with Gasteiger partial charge in [-0.25, -0.2) is 0 Å². The quantitative estimate of drug-likeness (QED) is 0.105. The fraction of sp³-hybridized carbons (Fsp3) is 0.0448. The van der Waals surface area contributed by atoms with Gasteiger partial charge >= 0.3 is 0 Å². The van der Waals surface area contributed by atoms with Gasteiger partial charge in [0.25, 0.3) is 0 Å². The molecule has 0 fully saturated rings. The molecule has 10 aromatic carbocycles. The number of fused-ring (bicyclic) bond motifs is 3. The number of anilines is 6. The molecule has 0 atom stereocenters. The topological polar surface area (TPSA) is 103 Å². The summed E-state index contributed by atoms with van der Waals surface area (Å²) in [5.41, 5.74) is 14.8. The maximum absolute atomic E-state index is 6.58. The zero-order valence-corrected chi connectivity index (χ0v) is 42.1. The lowest BCUT2D eigenvalue weighted by Crippen LogP contribution is -2.28.